The Labute approximate surface area is 146 Å². The number of carbonyl (C=O) groups excluding carboxylic acids is 1. The number of aliphatic hydroxyl groups is 2. The first kappa shape index (κ1) is 17.1. The molecule has 0 aromatic heterocycles. The number of amides is 1. The van der Waals surface area contributed by atoms with Gasteiger partial charge in [-0.05, 0) is 17.7 Å². The normalized spacial score (nSPS) is 29.5. The van der Waals surface area contributed by atoms with E-state index in [0.717, 1.165) is 0 Å². The molecule has 5 N–H and O–H groups in total. The van der Waals surface area contributed by atoms with Crippen LogP contribution in [0.4, 0.5) is 0 Å². The van der Waals surface area contributed by atoms with Gasteiger partial charge in [0.2, 0.25) is 12.5 Å². The smallest absolute Gasteiger partial charge is 0.397 e. The highest BCUT2D eigenvalue weighted by Crippen LogP contribution is 2.48. The third-order valence-electron chi connectivity index (χ3n) is 4.40. The first-order valence-corrected chi connectivity index (χ1v) is 8.74. The maximum atomic E-state index is 12.5. The van der Waals surface area contributed by atoms with Gasteiger partial charge >= 0.3 is 10.4 Å². The quantitative estimate of drug-likeness (QED) is 0.378. The Kier molecular flexibility index (Phi) is 3.65. The molecule has 0 unspecified atom stereocenters. The first-order valence-electron chi connectivity index (χ1n) is 7.37. The summed E-state index contributed by atoms with van der Waals surface area (Å²) in [6, 6.07) is 0.180. The summed E-state index contributed by atoms with van der Waals surface area (Å²) in [5, 5.41) is 32.8. The van der Waals surface area contributed by atoms with Crippen molar-refractivity contribution < 1.29 is 46.7 Å². The topological polar surface area (TPSA) is 172 Å². The zero-order valence-corrected chi connectivity index (χ0v) is 13.6. The van der Waals surface area contributed by atoms with Gasteiger partial charge in [-0.15, -0.1) is 0 Å². The van der Waals surface area contributed by atoms with Crippen LogP contribution in [0.5, 0.6) is 17.2 Å². The molecule has 1 aliphatic carbocycles. The Bertz CT molecular complexity index is 940. The molecular weight excluding hydrogens is 374 g/mol. The van der Waals surface area contributed by atoms with Crippen LogP contribution in [0, 0.1) is 0 Å². The van der Waals surface area contributed by atoms with Crippen molar-refractivity contribution in [1.29, 1.82) is 0 Å². The van der Waals surface area contributed by atoms with Gasteiger partial charge in [0.05, 0.1) is 11.6 Å². The van der Waals surface area contributed by atoms with Gasteiger partial charge in [-0.25, -0.2) is 4.18 Å². The number of ether oxygens (including phenoxy) is 2. The predicted octanol–water partition coefficient (Wildman–Crippen LogP) is -1.46. The molecule has 4 atom stereocenters. The van der Waals surface area contributed by atoms with E-state index >= 15 is 0 Å². The van der Waals surface area contributed by atoms with Crippen molar-refractivity contribution in [3.05, 3.63) is 23.3 Å². The third-order valence-corrected chi connectivity index (χ3v) is 4.86. The zero-order chi connectivity index (χ0) is 18.8. The summed E-state index contributed by atoms with van der Waals surface area (Å²) in [5.41, 5.74) is 0.168. The molecule has 12 heteroatoms. The fraction of sp³-hybridized carbons (Fsp3) is 0.357. The van der Waals surface area contributed by atoms with E-state index in [-0.39, 0.29) is 35.0 Å². The fourth-order valence-corrected chi connectivity index (χ4v) is 3.83. The van der Waals surface area contributed by atoms with E-state index in [1.165, 1.54) is 12.1 Å². The Balaban J connectivity index is 1.88. The SMILES string of the molecule is O=C1N[C@@H]2C(=C[C@H](O)[C@@H](O)[C@H]2OS(=O)(=O)O)c2cc3c(c(O)c21)OCO3. The van der Waals surface area contributed by atoms with Crippen LogP contribution in [-0.2, 0) is 14.6 Å². The van der Waals surface area contributed by atoms with E-state index in [0.29, 0.717) is 0 Å². The van der Waals surface area contributed by atoms with Gasteiger partial charge in [-0.3, -0.25) is 9.35 Å². The van der Waals surface area contributed by atoms with Gasteiger partial charge in [0, 0.05) is 5.56 Å². The van der Waals surface area contributed by atoms with Crippen LogP contribution in [0.2, 0.25) is 0 Å². The van der Waals surface area contributed by atoms with Crippen LogP contribution < -0.4 is 14.8 Å². The second-order valence-electron chi connectivity index (χ2n) is 5.92. The van der Waals surface area contributed by atoms with E-state index in [4.69, 9.17) is 14.0 Å². The number of nitrogens with one attached hydrogen (secondary N) is 1. The largest absolute Gasteiger partial charge is 0.504 e. The van der Waals surface area contributed by atoms with E-state index in [1.54, 1.807) is 0 Å². The van der Waals surface area contributed by atoms with Crippen molar-refractivity contribution in [2.75, 3.05) is 6.79 Å². The molecule has 0 fully saturated rings. The Morgan fingerprint density at radius 3 is 2.69 bits per heavy atom. The number of hydrogen-bond donors (Lipinski definition) is 5. The number of rotatable bonds is 2. The fourth-order valence-electron chi connectivity index (χ4n) is 3.32. The van der Waals surface area contributed by atoms with Crippen molar-refractivity contribution in [3.8, 4) is 17.2 Å². The third kappa shape index (κ3) is 2.50. The Hall–Kier alpha value is -2.38. The van der Waals surface area contributed by atoms with Gasteiger partial charge in [0.15, 0.2) is 11.5 Å². The molecule has 0 saturated heterocycles. The predicted molar refractivity (Wildman–Crippen MR) is 81.9 cm³/mol. The van der Waals surface area contributed by atoms with Crippen molar-refractivity contribution in [3.63, 3.8) is 0 Å². The van der Waals surface area contributed by atoms with Gasteiger partial charge in [-0.2, -0.15) is 8.42 Å². The molecule has 2 heterocycles. The summed E-state index contributed by atoms with van der Waals surface area (Å²) in [5.74, 6) is -1.12. The summed E-state index contributed by atoms with van der Waals surface area (Å²) < 4.78 is 45.9. The lowest BCUT2D eigenvalue weighted by atomic mass is 9.79. The molecule has 0 radical (unpaired) electrons. The number of aliphatic hydroxyl groups excluding tert-OH is 2. The number of aromatic hydroxyl groups is 1. The van der Waals surface area contributed by atoms with E-state index in [2.05, 4.69) is 9.50 Å². The van der Waals surface area contributed by atoms with E-state index in [1.807, 2.05) is 0 Å². The van der Waals surface area contributed by atoms with Gasteiger partial charge < -0.3 is 30.1 Å². The standard InChI is InChI=1S/C14H13NO10S/c16-6-1-5-4-2-7-12(24-3-23-7)11(18)8(4)14(19)15-9(5)13(10(6)17)25-26(20,21)22/h1-2,6,9-10,13,16-18H,3H2,(H,15,19)(H,20,21,22)/t6-,9+,10+,13-/m0/s1. The molecule has 0 saturated carbocycles. The van der Waals surface area contributed by atoms with Crippen LogP contribution in [0.3, 0.4) is 0 Å². The molecule has 11 nitrogen and oxygen atoms in total. The van der Waals surface area contributed by atoms with Crippen LogP contribution in [0.25, 0.3) is 5.57 Å². The lowest BCUT2D eigenvalue weighted by molar-refractivity contribution is -0.0432. The van der Waals surface area contributed by atoms with Gasteiger partial charge in [0.25, 0.3) is 5.91 Å². The highest BCUT2D eigenvalue weighted by molar-refractivity contribution is 7.80. The monoisotopic (exact) mass is 387 g/mol. The summed E-state index contributed by atoms with van der Waals surface area (Å²) in [4.78, 5) is 12.5. The van der Waals surface area contributed by atoms with Crippen LogP contribution in [0.15, 0.2) is 12.1 Å². The van der Waals surface area contributed by atoms with Crippen molar-refractivity contribution in [1.82, 2.24) is 5.32 Å². The maximum Gasteiger partial charge on any atom is 0.397 e. The van der Waals surface area contributed by atoms with Gasteiger partial charge in [0.1, 0.15) is 18.3 Å². The molecule has 0 spiro atoms. The Morgan fingerprint density at radius 2 is 2.00 bits per heavy atom. The van der Waals surface area contributed by atoms with Crippen LogP contribution in [0.1, 0.15) is 15.9 Å². The number of phenols is 1. The lowest BCUT2D eigenvalue weighted by Crippen LogP contribution is -2.58. The molecule has 4 rings (SSSR count). The number of benzene rings is 1. The molecule has 0 bridgehead atoms. The second kappa shape index (κ2) is 5.56. The molecule has 1 aromatic rings. The molecule has 1 amide bonds. The summed E-state index contributed by atoms with van der Waals surface area (Å²) >= 11 is 0. The van der Waals surface area contributed by atoms with Crippen molar-refractivity contribution in [2.45, 2.75) is 24.4 Å². The number of fused-ring (bicyclic) bond motifs is 4. The Morgan fingerprint density at radius 1 is 1.27 bits per heavy atom. The minimum absolute atomic E-state index is 0.0138. The number of hydrogen-bond acceptors (Lipinski definition) is 9. The van der Waals surface area contributed by atoms with E-state index < -0.39 is 46.4 Å². The number of phenolic OH excluding ortho intramolecular Hbond substituents is 1. The maximum absolute atomic E-state index is 12.5. The molecule has 26 heavy (non-hydrogen) atoms. The molecular formula is C14H13NO10S. The average molecular weight is 387 g/mol. The molecule has 3 aliphatic rings. The average Bonchev–Trinajstić information content (AvgIpc) is 3.01. The highest BCUT2D eigenvalue weighted by Gasteiger charge is 2.47. The second-order valence-corrected chi connectivity index (χ2v) is 6.97. The first-order chi connectivity index (χ1) is 12.2. The van der Waals surface area contributed by atoms with Crippen LogP contribution >= 0.6 is 0 Å². The summed E-state index contributed by atoms with van der Waals surface area (Å²) in [6.07, 6.45) is -3.79. The lowest BCUT2D eigenvalue weighted by Gasteiger charge is -2.40. The van der Waals surface area contributed by atoms with Crippen molar-refractivity contribution >= 4 is 21.9 Å². The molecule has 140 valence electrons. The zero-order valence-electron chi connectivity index (χ0n) is 12.8. The van der Waals surface area contributed by atoms with Crippen molar-refractivity contribution in [2.24, 2.45) is 0 Å². The molecule has 2 aliphatic heterocycles. The minimum atomic E-state index is -4.99. The summed E-state index contributed by atoms with van der Waals surface area (Å²) in [6.45, 7) is -0.161. The summed E-state index contributed by atoms with van der Waals surface area (Å²) in [7, 11) is -4.99. The number of carbonyl (C=O) groups is 1. The highest BCUT2D eigenvalue weighted by atomic mass is 32.3. The van der Waals surface area contributed by atoms with E-state index in [9.17, 15) is 28.5 Å². The van der Waals surface area contributed by atoms with Gasteiger partial charge in [-0.1, -0.05) is 0 Å². The van der Waals surface area contributed by atoms with Crippen LogP contribution in [-0.4, -0.2) is 65.3 Å². The minimum Gasteiger partial charge on any atom is -0.504 e. The molecule has 1 aromatic carbocycles.